The number of nitrogens with zero attached hydrogens (tertiary/aromatic N) is 4. The molecular formula is C24H34N4O3Si. The lowest BCUT2D eigenvalue weighted by Gasteiger charge is -2.27. The van der Waals surface area contributed by atoms with Crippen molar-refractivity contribution in [3.8, 4) is 11.3 Å². The third kappa shape index (κ3) is 5.37. The first-order chi connectivity index (χ1) is 15.3. The maximum absolute atomic E-state index is 10.1. The molecule has 8 heteroatoms. The van der Waals surface area contributed by atoms with Crippen LogP contribution in [-0.2, 0) is 16.2 Å². The van der Waals surface area contributed by atoms with E-state index in [4.69, 9.17) is 14.6 Å². The van der Waals surface area contributed by atoms with Gasteiger partial charge in [-0.3, -0.25) is 0 Å². The number of hydrogen-bond acceptors (Lipinski definition) is 6. The number of aliphatic hydroxyl groups is 1. The van der Waals surface area contributed by atoms with E-state index in [1.807, 2.05) is 35.1 Å². The quantitative estimate of drug-likeness (QED) is 0.404. The summed E-state index contributed by atoms with van der Waals surface area (Å²) in [5, 5.41) is 16.1. The van der Waals surface area contributed by atoms with Gasteiger partial charge in [-0.25, -0.2) is 9.67 Å². The summed E-state index contributed by atoms with van der Waals surface area (Å²) in [6, 6.07) is 11.2. The molecule has 1 aliphatic heterocycles. The SMILES string of the molecule is CC(O)c1ccc2c(c1)c(-c1ccnc(N3CCOCC3)c1)nn2COCC[Si](C)(C)C. The minimum absolute atomic E-state index is 0.413. The Kier molecular flexibility index (Phi) is 6.95. The Hall–Kier alpha value is -2.26. The first-order valence-electron chi connectivity index (χ1n) is 11.4. The molecule has 1 atom stereocenters. The van der Waals surface area contributed by atoms with E-state index in [-0.39, 0.29) is 0 Å². The number of aromatic nitrogens is 3. The van der Waals surface area contributed by atoms with E-state index in [1.54, 1.807) is 6.92 Å². The second-order valence-corrected chi connectivity index (χ2v) is 15.3. The molecule has 1 unspecified atom stereocenters. The van der Waals surface area contributed by atoms with Gasteiger partial charge >= 0.3 is 0 Å². The predicted molar refractivity (Wildman–Crippen MR) is 131 cm³/mol. The van der Waals surface area contributed by atoms with Gasteiger partial charge in [-0.15, -0.1) is 0 Å². The predicted octanol–water partition coefficient (Wildman–Crippen LogP) is 4.30. The number of pyridine rings is 1. The molecule has 0 amide bonds. The Morgan fingerprint density at radius 3 is 2.66 bits per heavy atom. The molecule has 0 radical (unpaired) electrons. The van der Waals surface area contributed by atoms with Crippen molar-refractivity contribution in [2.24, 2.45) is 0 Å². The molecule has 172 valence electrons. The van der Waals surface area contributed by atoms with Crippen LogP contribution in [0.3, 0.4) is 0 Å². The molecule has 0 saturated carbocycles. The molecule has 3 aromatic rings. The van der Waals surface area contributed by atoms with Crippen LogP contribution in [0.15, 0.2) is 36.5 Å². The lowest BCUT2D eigenvalue weighted by atomic mass is 10.0. The van der Waals surface area contributed by atoms with Crippen molar-refractivity contribution in [2.75, 3.05) is 37.8 Å². The minimum Gasteiger partial charge on any atom is -0.389 e. The highest BCUT2D eigenvalue weighted by atomic mass is 28.3. The van der Waals surface area contributed by atoms with E-state index >= 15 is 0 Å². The van der Waals surface area contributed by atoms with E-state index in [0.717, 1.165) is 72.5 Å². The van der Waals surface area contributed by atoms with Crippen molar-refractivity contribution >= 4 is 24.8 Å². The Bertz CT molecular complexity index is 1060. The maximum atomic E-state index is 10.1. The summed E-state index contributed by atoms with van der Waals surface area (Å²) in [7, 11) is -1.14. The van der Waals surface area contributed by atoms with Crippen LogP contribution in [0, 0.1) is 0 Å². The van der Waals surface area contributed by atoms with Gasteiger partial charge in [0.2, 0.25) is 0 Å². The third-order valence-corrected chi connectivity index (χ3v) is 7.53. The maximum Gasteiger partial charge on any atom is 0.140 e. The smallest absolute Gasteiger partial charge is 0.140 e. The molecule has 32 heavy (non-hydrogen) atoms. The first-order valence-corrected chi connectivity index (χ1v) is 15.1. The molecule has 0 aliphatic carbocycles. The van der Waals surface area contributed by atoms with E-state index in [0.29, 0.717) is 6.73 Å². The molecule has 0 bridgehead atoms. The molecule has 1 aromatic carbocycles. The zero-order chi connectivity index (χ0) is 22.7. The second kappa shape index (κ2) is 9.70. The summed E-state index contributed by atoms with van der Waals surface area (Å²) in [5.41, 5.74) is 3.77. The summed E-state index contributed by atoms with van der Waals surface area (Å²) >= 11 is 0. The summed E-state index contributed by atoms with van der Waals surface area (Å²) in [5.74, 6) is 0.937. The van der Waals surface area contributed by atoms with Gasteiger partial charge in [-0.2, -0.15) is 5.10 Å². The number of aliphatic hydroxyl groups excluding tert-OH is 1. The molecule has 4 rings (SSSR count). The standard InChI is InChI=1S/C24H34N4O3Si/c1-18(29)19-5-6-22-21(15-19)24(26-28(22)17-31-13-14-32(2,3)4)20-7-8-25-23(16-20)27-9-11-30-12-10-27/h5-8,15-16,18,29H,9-14,17H2,1-4H3. The zero-order valence-electron chi connectivity index (χ0n) is 19.5. The van der Waals surface area contributed by atoms with Crippen molar-refractivity contribution in [3.05, 3.63) is 42.1 Å². The molecule has 1 aliphatic rings. The number of rotatable bonds is 8. The molecule has 3 heterocycles. The zero-order valence-corrected chi connectivity index (χ0v) is 20.5. The first kappa shape index (κ1) is 22.9. The average molecular weight is 455 g/mol. The fourth-order valence-corrected chi connectivity index (χ4v) is 4.59. The van der Waals surface area contributed by atoms with Crippen LogP contribution in [0.25, 0.3) is 22.2 Å². The molecule has 2 aromatic heterocycles. The van der Waals surface area contributed by atoms with Gasteiger partial charge in [0.05, 0.1) is 24.8 Å². The topological polar surface area (TPSA) is 72.6 Å². The molecular weight excluding hydrogens is 420 g/mol. The number of hydrogen-bond donors (Lipinski definition) is 1. The number of benzene rings is 1. The van der Waals surface area contributed by atoms with Crippen molar-refractivity contribution in [1.29, 1.82) is 0 Å². The summed E-state index contributed by atoms with van der Waals surface area (Å²) in [6.45, 7) is 13.1. The van der Waals surface area contributed by atoms with Gasteiger partial charge in [0, 0.05) is 44.9 Å². The number of ether oxygens (including phenoxy) is 2. The summed E-state index contributed by atoms with van der Waals surface area (Å²) in [6.07, 6.45) is 1.30. The normalized spacial score (nSPS) is 16.0. The fraction of sp³-hybridized carbons (Fsp3) is 0.500. The van der Waals surface area contributed by atoms with Gasteiger partial charge in [0.25, 0.3) is 0 Å². The highest BCUT2D eigenvalue weighted by Gasteiger charge is 2.18. The van der Waals surface area contributed by atoms with E-state index in [9.17, 15) is 5.11 Å². The van der Waals surface area contributed by atoms with E-state index in [1.165, 1.54) is 0 Å². The Balaban J connectivity index is 1.67. The second-order valence-electron chi connectivity index (χ2n) is 9.65. The fourth-order valence-electron chi connectivity index (χ4n) is 3.83. The number of fused-ring (bicyclic) bond motifs is 1. The lowest BCUT2D eigenvalue weighted by molar-refractivity contribution is 0.0818. The van der Waals surface area contributed by atoms with Crippen LogP contribution in [0.4, 0.5) is 5.82 Å². The van der Waals surface area contributed by atoms with Gasteiger partial charge in [0.1, 0.15) is 18.2 Å². The van der Waals surface area contributed by atoms with Gasteiger partial charge in [-0.1, -0.05) is 25.7 Å². The molecule has 7 nitrogen and oxygen atoms in total. The van der Waals surface area contributed by atoms with Gasteiger partial charge < -0.3 is 19.5 Å². The minimum atomic E-state index is -1.14. The van der Waals surface area contributed by atoms with Crippen molar-refractivity contribution in [3.63, 3.8) is 0 Å². The summed E-state index contributed by atoms with van der Waals surface area (Å²) < 4.78 is 13.4. The monoisotopic (exact) mass is 454 g/mol. The Labute approximate surface area is 191 Å². The summed E-state index contributed by atoms with van der Waals surface area (Å²) in [4.78, 5) is 6.82. The molecule has 1 saturated heterocycles. The molecule has 1 N–H and O–H groups in total. The molecule has 1 fully saturated rings. The molecule has 0 spiro atoms. The highest BCUT2D eigenvalue weighted by molar-refractivity contribution is 6.76. The Morgan fingerprint density at radius 1 is 1.16 bits per heavy atom. The third-order valence-electron chi connectivity index (χ3n) is 5.82. The van der Waals surface area contributed by atoms with E-state index in [2.05, 4.69) is 35.6 Å². The Morgan fingerprint density at radius 2 is 1.94 bits per heavy atom. The highest BCUT2D eigenvalue weighted by Crippen LogP contribution is 2.32. The number of morpholine rings is 1. The largest absolute Gasteiger partial charge is 0.389 e. The van der Waals surface area contributed by atoms with Crippen LogP contribution in [0.2, 0.25) is 25.7 Å². The van der Waals surface area contributed by atoms with E-state index < -0.39 is 14.2 Å². The number of anilines is 1. The van der Waals surface area contributed by atoms with Crippen LogP contribution in [0.5, 0.6) is 0 Å². The van der Waals surface area contributed by atoms with Crippen LogP contribution in [-0.4, -0.2) is 60.9 Å². The van der Waals surface area contributed by atoms with Crippen molar-refractivity contribution in [1.82, 2.24) is 14.8 Å². The van der Waals surface area contributed by atoms with Crippen molar-refractivity contribution in [2.45, 2.75) is 45.4 Å². The van der Waals surface area contributed by atoms with Crippen molar-refractivity contribution < 1.29 is 14.6 Å². The van der Waals surface area contributed by atoms with Gasteiger partial charge in [-0.05, 0) is 42.8 Å². The van der Waals surface area contributed by atoms with Gasteiger partial charge in [0.15, 0.2) is 0 Å². The lowest BCUT2D eigenvalue weighted by Crippen LogP contribution is -2.36. The van der Waals surface area contributed by atoms with Crippen LogP contribution in [0.1, 0.15) is 18.6 Å². The van der Waals surface area contributed by atoms with Crippen LogP contribution >= 0.6 is 0 Å². The van der Waals surface area contributed by atoms with Crippen LogP contribution < -0.4 is 4.90 Å². The average Bonchev–Trinajstić information content (AvgIpc) is 3.15.